The van der Waals surface area contributed by atoms with Crippen LogP contribution in [-0.2, 0) is 0 Å². The normalized spacial score (nSPS) is 9.75. The van der Waals surface area contributed by atoms with Gasteiger partial charge in [-0.1, -0.05) is 13.8 Å². The van der Waals surface area contributed by atoms with Gasteiger partial charge in [0.15, 0.2) is 6.29 Å². The zero-order valence-electron chi connectivity index (χ0n) is 10.1. The van der Waals surface area contributed by atoms with Gasteiger partial charge in [0.1, 0.15) is 5.75 Å². The zero-order valence-corrected chi connectivity index (χ0v) is 10.1. The number of nitrogens with one attached hydrogen (secondary N) is 1. The van der Waals surface area contributed by atoms with Crippen molar-refractivity contribution in [1.29, 1.82) is 0 Å². The number of aromatic hydroxyl groups is 1. The van der Waals surface area contributed by atoms with Crippen LogP contribution in [0.1, 0.15) is 35.3 Å². The second-order valence-corrected chi connectivity index (χ2v) is 3.41. The molecule has 3 nitrogen and oxygen atoms in total. The molecule has 1 aromatic carbocycles. The fourth-order valence-electron chi connectivity index (χ4n) is 1.78. The number of hydrogen-bond donors (Lipinski definition) is 2. The van der Waals surface area contributed by atoms with E-state index in [1.807, 2.05) is 33.2 Å². The largest absolute Gasteiger partial charge is 0.507 e. The van der Waals surface area contributed by atoms with Gasteiger partial charge in [0.25, 0.3) is 0 Å². The summed E-state index contributed by atoms with van der Waals surface area (Å²) in [6.45, 7) is 7.64. The van der Waals surface area contributed by atoms with Crippen molar-refractivity contribution >= 4 is 17.1 Å². The first kappa shape index (κ1) is 12.3. The molecular formula is C13H17NO2. The van der Waals surface area contributed by atoms with Gasteiger partial charge in [-0.25, -0.2) is 0 Å². The number of H-pyrrole nitrogens is 1. The number of phenolic OH excluding ortho intramolecular Hbond substituents is 1. The van der Waals surface area contributed by atoms with Crippen LogP contribution in [0.2, 0.25) is 0 Å². The minimum atomic E-state index is 0.0876. The highest BCUT2D eigenvalue weighted by Gasteiger charge is 2.13. The van der Waals surface area contributed by atoms with Crippen LogP contribution in [0.3, 0.4) is 0 Å². The summed E-state index contributed by atoms with van der Waals surface area (Å²) in [6.07, 6.45) is 4.36. The Bertz CT molecular complexity index is 512. The average Bonchev–Trinajstić information content (AvgIpc) is 2.79. The van der Waals surface area contributed by atoms with Crippen molar-refractivity contribution in [3.63, 3.8) is 0 Å². The second-order valence-electron chi connectivity index (χ2n) is 3.41. The topological polar surface area (TPSA) is 53.1 Å². The van der Waals surface area contributed by atoms with E-state index in [2.05, 4.69) is 4.98 Å². The van der Waals surface area contributed by atoms with E-state index in [9.17, 15) is 9.90 Å². The summed E-state index contributed by atoms with van der Waals surface area (Å²) in [5.74, 6) is 0.0876. The molecule has 0 bridgehead atoms. The third kappa shape index (κ3) is 1.69. The molecule has 0 amide bonds. The van der Waals surface area contributed by atoms with E-state index in [1.165, 1.54) is 0 Å². The summed E-state index contributed by atoms with van der Waals surface area (Å²) in [5.41, 5.74) is 1.95. The Morgan fingerprint density at radius 3 is 2.12 bits per heavy atom. The van der Waals surface area contributed by atoms with E-state index < -0.39 is 0 Å². The predicted molar refractivity (Wildman–Crippen MR) is 66.2 cm³/mol. The van der Waals surface area contributed by atoms with Gasteiger partial charge >= 0.3 is 0 Å². The van der Waals surface area contributed by atoms with Crippen LogP contribution in [0, 0.1) is 13.8 Å². The van der Waals surface area contributed by atoms with Crippen molar-refractivity contribution < 1.29 is 9.90 Å². The van der Waals surface area contributed by atoms with Gasteiger partial charge in [-0.15, -0.1) is 0 Å². The van der Waals surface area contributed by atoms with Crippen LogP contribution in [-0.4, -0.2) is 16.4 Å². The van der Waals surface area contributed by atoms with Crippen molar-refractivity contribution in [2.45, 2.75) is 27.7 Å². The van der Waals surface area contributed by atoms with E-state index in [0.29, 0.717) is 11.8 Å². The molecule has 0 atom stereocenters. The van der Waals surface area contributed by atoms with Crippen LogP contribution < -0.4 is 0 Å². The molecule has 0 fully saturated rings. The Kier molecular flexibility index (Phi) is 3.72. The third-order valence-corrected chi connectivity index (χ3v) is 2.69. The third-order valence-electron chi connectivity index (χ3n) is 2.69. The molecule has 0 aliphatic rings. The number of aromatic nitrogens is 1. The number of carbonyl (C=O) groups excluding carboxylic acids is 1. The first-order valence-corrected chi connectivity index (χ1v) is 5.40. The number of benzene rings is 1. The van der Waals surface area contributed by atoms with E-state index in [4.69, 9.17) is 0 Å². The highest BCUT2D eigenvalue weighted by atomic mass is 16.3. The van der Waals surface area contributed by atoms with Crippen molar-refractivity contribution in [2.75, 3.05) is 0 Å². The molecule has 2 aromatic rings. The molecule has 2 N–H and O–H groups in total. The molecule has 86 valence electrons. The van der Waals surface area contributed by atoms with E-state index in [0.717, 1.165) is 21.9 Å². The Labute approximate surface area is 95.1 Å². The molecular weight excluding hydrogens is 202 g/mol. The van der Waals surface area contributed by atoms with Crippen LogP contribution in [0.25, 0.3) is 10.8 Å². The van der Waals surface area contributed by atoms with Gasteiger partial charge in [-0.05, 0) is 19.4 Å². The minimum Gasteiger partial charge on any atom is -0.507 e. The summed E-state index contributed by atoms with van der Waals surface area (Å²) < 4.78 is 0. The van der Waals surface area contributed by atoms with Crippen LogP contribution in [0.5, 0.6) is 5.75 Å². The maximum Gasteiger partial charge on any atom is 0.154 e. The van der Waals surface area contributed by atoms with Crippen molar-refractivity contribution in [3.05, 3.63) is 29.1 Å². The lowest BCUT2D eigenvalue weighted by atomic mass is 9.98. The average molecular weight is 219 g/mol. The number of aryl methyl sites for hydroxylation is 2. The number of carbonyl (C=O) groups is 1. The van der Waals surface area contributed by atoms with E-state index in [-0.39, 0.29) is 5.75 Å². The molecule has 0 unspecified atom stereocenters. The van der Waals surface area contributed by atoms with Crippen molar-refractivity contribution in [1.82, 2.24) is 4.98 Å². The fraction of sp³-hybridized carbons (Fsp3) is 0.308. The summed E-state index contributed by atoms with van der Waals surface area (Å²) in [4.78, 5) is 13.8. The lowest BCUT2D eigenvalue weighted by Crippen LogP contribution is -1.91. The Hall–Kier alpha value is -1.77. The lowest BCUT2D eigenvalue weighted by Gasteiger charge is -2.07. The molecule has 0 spiro atoms. The molecule has 0 saturated carbocycles. The quantitative estimate of drug-likeness (QED) is 0.723. The van der Waals surface area contributed by atoms with Crippen molar-refractivity contribution in [3.8, 4) is 5.75 Å². The Morgan fingerprint density at radius 2 is 1.62 bits per heavy atom. The predicted octanol–water partition coefficient (Wildman–Crippen LogP) is 3.33. The Morgan fingerprint density at radius 1 is 1.12 bits per heavy atom. The van der Waals surface area contributed by atoms with Crippen LogP contribution >= 0.6 is 0 Å². The van der Waals surface area contributed by atoms with Gasteiger partial charge in [-0.2, -0.15) is 0 Å². The molecule has 0 aliphatic carbocycles. The summed E-state index contributed by atoms with van der Waals surface area (Å²) in [7, 11) is 0. The highest BCUT2D eigenvalue weighted by Crippen LogP contribution is 2.32. The van der Waals surface area contributed by atoms with Gasteiger partial charge in [0, 0.05) is 28.7 Å². The highest BCUT2D eigenvalue weighted by molar-refractivity contribution is 5.98. The zero-order chi connectivity index (χ0) is 12.3. The molecule has 1 heterocycles. The molecule has 0 radical (unpaired) electrons. The first-order valence-electron chi connectivity index (χ1n) is 5.40. The molecule has 2 rings (SSSR count). The standard InChI is InChI=1S/C11H11NO2.C2H6/c1-6-8-3-12-4-9(8)7(2)11(14)10(6)5-13;1-2/h3-5,12,14H,1-2H3;1-2H3. The number of hydrogen-bond acceptors (Lipinski definition) is 2. The number of fused-ring (bicyclic) bond motifs is 1. The summed E-state index contributed by atoms with van der Waals surface area (Å²) in [5, 5.41) is 11.7. The van der Waals surface area contributed by atoms with Gasteiger partial charge in [0.05, 0.1) is 5.56 Å². The monoisotopic (exact) mass is 219 g/mol. The minimum absolute atomic E-state index is 0.0876. The molecule has 16 heavy (non-hydrogen) atoms. The molecule has 3 heteroatoms. The lowest BCUT2D eigenvalue weighted by molar-refractivity contribution is 0.112. The summed E-state index contributed by atoms with van der Waals surface area (Å²) >= 11 is 0. The Balaban J connectivity index is 0.000000606. The SMILES string of the molecule is CC.Cc1c(O)c(C=O)c(C)c2c[nH]cc12. The smallest absolute Gasteiger partial charge is 0.154 e. The van der Waals surface area contributed by atoms with Gasteiger partial charge in [-0.3, -0.25) is 4.79 Å². The van der Waals surface area contributed by atoms with Gasteiger partial charge in [0.2, 0.25) is 0 Å². The maximum atomic E-state index is 10.8. The van der Waals surface area contributed by atoms with Crippen LogP contribution in [0.15, 0.2) is 12.4 Å². The number of aldehydes is 1. The van der Waals surface area contributed by atoms with E-state index in [1.54, 1.807) is 6.92 Å². The summed E-state index contributed by atoms with van der Waals surface area (Å²) in [6, 6.07) is 0. The number of rotatable bonds is 1. The fourth-order valence-corrected chi connectivity index (χ4v) is 1.78. The molecule has 0 aliphatic heterocycles. The van der Waals surface area contributed by atoms with Crippen molar-refractivity contribution in [2.24, 2.45) is 0 Å². The second kappa shape index (κ2) is 4.84. The van der Waals surface area contributed by atoms with Crippen LogP contribution in [0.4, 0.5) is 0 Å². The molecule has 1 aromatic heterocycles. The first-order chi connectivity index (χ1) is 7.66. The maximum absolute atomic E-state index is 10.8. The molecule has 0 saturated heterocycles. The number of aromatic amines is 1. The van der Waals surface area contributed by atoms with E-state index >= 15 is 0 Å². The number of phenols is 1. The van der Waals surface area contributed by atoms with Gasteiger partial charge < -0.3 is 10.1 Å².